The summed E-state index contributed by atoms with van der Waals surface area (Å²) in [5, 5.41) is 13.1. The van der Waals surface area contributed by atoms with Gasteiger partial charge in [0, 0.05) is 11.3 Å². The third-order valence-corrected chi connectivity index (χ3v) is 4.76. The van der Waals surface area contributed by atoms with Crippen LogP contribution in [0.1, 0.15) is 32.6 Å². The third kappa shape index (κ3) is 4.16. The minimum absolute atomic E-state index is 0.115. The normalized spacial score (nSPS) is 13.7. The second-order valence-electron chi connectivity index (χ2n) is 5.37. The Kier molecular flexibility index (Phi) is 5.15. The van der Waals surface area contributed by atoms with Crippen LogP contribution in [0.2, 0.25) is 0 Å². The van der Waals surface area contributed by atoms with E-state index in [9.17, 15) is 9.90 Å². The van der Waals surface area contributed by atoms with Crippen molar-refractivity contribution in [1.29, 1.82) is 0 Å². The van der Waals surface area contributed by atoms with Crippen molar-refractivity contribution in [2.45, 2.75) is 39.3 Å². The van der Waals surface area contributed by atoms with Crippen molar-refractivity contribution < 1.29 is 9.90 Å². The van der Waals surface area contributed by atoms with Crippen LogP contribution in [-0.2, 0) is 6.42 Å². The van der Waals surface area contributed by atoms with E-state index >= 15 is 0 Å². The van der Waals surface area contributed by atoms with Crippen LogP contribution < -0.4 is 5.32 Å². The average molecular weight is 303 g/mol. The first-order valence-corrected chi connectivity index (χ1v) is 7.89. The van der Waals surface area contributed by atoms with E-state index in [2.05, 4.69) is 5.32 Å². The lowest BCUT2D eigenvalue weighted by Crippen LogP contribution is -2.41. The van der Waals surface area contributed by atoms with Crippen molar-refractivity contribution in [2.24, 2.45) is 0 Å². The Balaban J connectivity index is 1.94. The largest absolute Gasteiger partial charge is 0.391 e. The van der Waals surface area contributed by atoms with Gasteiger partial charge in [0.2, 0.25) is 0 Å². The number of aryl methyl sites for hydroxylation is 2. The quantitative estimate of drug-likeness (QED) is 0.892. The summed E-state index contributed by atoms with van der Waals surface area (Å²) in [5.41, 5.74) is 2.19. The molecule has 0 saturated heterocycles. The molecule has 0 bridgehead atoms. The predicted octanol–water partition coefficient (Wildman–Crippen LogP) is 3.09. The standard InChI is InChI=1S/C17H21NO2S/c1-11-9-16(21-13(11)3)17(20)18-12(2)15(19)10-14-7-5-4-6-8-14/h4-9,12,15,19H,10H2,1-3H3,(H,18,20). The molecular weight excluding hydrogens is 282 g/mol. The van der Waals surface area contributed by atoms with E-state index in [0.717, 1.165) is 16.0 Å². The molecule has 0 aliphatic carbocycles. The van der Waals surface area contributed by atoms with E-state index in [-0.39, 0.29) is 11.9 Å². The first-order chi connectivity index (χ1) is 9.97. The number of aliphatic hydroxyl groups is 1. The minimum Gasteiger partial charge on any atom is -0.391 e. The Hall–Kier alpha value is -1.65. The van der Waals surface area contributed by atoms with Crippen molar-refractivity contribution in [3.05, 3.63) is 57.3 Å². The van der Waals surface area contributed by atoms with Crippen LogP contribution in [0.15, 0.2) is 36.4 Å². The monoisotopic (exact) mass is 303 g/mol. The van der Waals surface area contributed by atoms with Crippen LogP contribution in [0.5, 0.6) is 0 Å². The number of aliphatic hydroxyl groups excluding tert-OH is 1. The summed E-state index contributed by atoms with van der Waals surface area (Å²) in [5.74, 6) is -0.115. The van der Waals surface area contributed by atoms with E-state index in [1.807, 2.05) is 57.2 Å². The molecular formula is C17H21NO2S. The number of rotatable bonds is 5. The minimum atomic E-state index is -0.599. The van der Waals surface area contributed by atoms with Crippen LogP contribution in [0.3, 0.4) is 0 Å². The predicted molar refractivity (Wildman–Crippen MR) is 86.9 cm³/mol. The molecule has 1 aromatic heterocycles. The zero-order valence-electron chi connectivity index (χ0n) is 12.6. The highest BCUT2D eigenvalue weighted by Gasteiger charge is 2.19. The number of amides is 1. The maximum Gasteiger partial charge on any atom is 0.261 e. The Morgan fingerprint density at radius 3 is 2.52 bits per heavy atom. The fourth-order valence-corrected chi connectivity index (χ4v) is 3.03. The highest BCUT2D eigenvalue weighted by molar-refractivity contribution is 7.14. The van der Waals surface area contributed by atoms with Crippen molar-refractivity contribution in [1.82, 2.24) is 5.32 Å². The van der Waals surface area contributed by atoms with Gasteiger partial charge in [0.25, 0.3) is 5.91 Å². The summed E-state index contributed by atoms with van der Waals surface area (Å²) in [7, 11) is 0. The van der Waals surface area contributed by atoms with Gasteiger partial charge >= 0.3 is 0 Å². The van der Waals surface area contributed by atoms with Crippen molar-refractivity contribution in [3.63, 3.8) is 0 Å². The van der Waals surface area contributed by atoms with Gasteiger partial charge in [-0.05, 0) is 38.0 Å². The first-order valence-electron chi connectivity index (χ1n) is 7.07. The molecule has 2 atom stereocenters. The Morgan fingerprint density at radius 1 is 1.29 bits per heavy atom. The summed E-state index contributed by atoms with van der Waals surface area (Å²) in [6, 6.07) is 11.4. The van der Waals surface area contributed by atoms with Crippen molar-refractivity contribution in [3.8, 4) is 0 Å². The van der Waals surface area contributed by atoms with Gasteiger partial charge < -0.3 is 10.4 Å². The molecule has 1 amide bonds. The molecule has 1 heterocycles. The highest BCUT2D eigenvalue weighted by Crippen LogP contribution is 2.20. The summed E-state index contributed by atoms with van der Waals surface area (Å²) in [4.78, 5) is 14.0. The smallest absolute Gasteiger partial charge is 0.261 e. The molecule has 0 saturated carbocycles. The van der Waals surface area contributed by atoms with Gasteiger partial charge in [-0.2, -0.15) is 0 Å². The van der Waals surface area contributed by atoms with Crippen LogP contribution in [-0.4, -0.2) is 23.2 Å². The summed E-state index contributed by atoms with van der Waals surface area (Å²) >= 11 is 1.49. The van der Waals surface area contributed by atoms with Crippen molar-refractivity contribution >= 4 is 17.2 Å². The van der Waals surface area contributed by atoms with Gasteiger partial charge in [-0.1, -0.05) is 30.3 Å². The second-order valence-corrected chi connectivity index (χ2v) is 6.63. The number of nitrogens with one attached hydrogen (secondary N) is 1. The van der Waals surface area contributed by atoms with Gasteiger partial charge in [-0.3, -0.25) is 4.79 Å². The molecule has 0 radical (unpaired) electrons. The van der Waals surface area contributed by atoms with Crippen LogP contribution in [0, 0.1) is 13.8 Å². The lowest BCUT2D eigenvalue weighted by molar-refractivity contribution is 0.0855. The number of carbonyl (C=O) groups excluding carboxylic acids is 1. The first kappa shape index (κ1) is 15.7. The zero-order valence-corrected chi connectivity index (χ0v) is 13.4. The van der Waals surface area contributed by atoms with E-state index in [1.165, 1.54) is 11.3 Å². The third-order valence-electron chi connectivity index (χ3n) is 3.61. The molecule has 0 fully saturated rings. The molecule has 21 heavy (non-hydrogen) atoms. The number of hydrogen-bond acceptors (Lipinski definition) is 3. The maximum atomic E-state index is 12.2. The van der Waals surface area contributed by atoms with E-state index < -0.39 is 6.10 Å². The molecule has 0 spiro atoms. The number of thiophene rings is 1. The van der Waals surface area contributed by atoms with E-state index in [1.54, 1.807) is 0 Å². The van der Waals surface area contributed by atoms with E-state index in [0.29, 0.717) is 11.3 Å². The summed E-state index contributed by atoms with van der Waals surface area (Å²) < 4.78 is 0. The molecule has 2 unspecified atom stereocenters. The molecule has 2 rings (SSSR count). The van der Waals surface area contributed by atoms with Gasteiger partial charge in [0.15, 0.2) is 0 Å². The van der Waals surface area contributed by atoms with Crippen LogP contribution in [0.25, 0.3) is 0 Å². The summed E-state index contributed by atoms with van der Waals surface area (Å²) in [6.07, 6.45) is -0.0661. The Bertz CT molecular complexity index is 587. The molecule has 2 N–H and O–H groups in total. The fourth-order valence-electron chi connectivity index (χ4n) is 2.09. The van der Waals surface area contributed by atoms with E-state index in [4.69, 9.17) is 0 Å². The molecule has 2 aromatic rings. The van der Waals surface area contributed by atoms with Gasteiger partial charge in [0.1, 0.15) is 0 Å². The number of benzene rings is 1. The Morgan fingerprint density at radius 2 is 1.95 bits per heavy atom. The average Bonchev–Trinajstić information content (AvgIpc) is 2.80. The van der Waals surface area contributed by atoms with Crippen LogP contribution in [0.4, 0.5) is 0 Å². The molecule has 4 heteroatoms. The Labute approximate surface area is 129 Å². The maximum absolute atomic E-state index is 12.2. The van der Waals surface area contributed by atoms with Gasteiger partial charge in [0.05, 0.1) is 17.0 Å². The van der Waals surface area contributed by atoms with Crippen molar-refractivity contribution in [2.75, 3.05) is 0 Å². The second kappa shape index (κ2) is 6.87. The molecule has 1 aromatic carbocycles. The molecule has 0 aliphatic rings. The fraction of sp³-hybridized carbons (Fsp3) is 0.353. The topological polar surface area (TPSA) is 49.3 Å². The lowest BCUT2D eigenvalue weighted by atomic mass is 10.0. The summed E-state index contributed by atoms with van der Waals surface area (Å²) in [6.45, 7) is 5.83. The SMILES string of the molecule is Cc1cc(C(=O)NC(C)C(O)Cc2ccccc2)sc1C. The highest BCUT2D eigenvalue weighted by atomic mass is 32.1. The lowest BCUT2D eigenvalue weighted by Gasteiger charge is -2.20. The zero-order chi connectivity index (χ0) is 15.4. The molecule has 0 aliphatic heterocycles. The van der Waals surface area contributed by atoms with Gasteiger partial charge in [-0.15, -0.1) is 11.3 Å². The molecule has 112 valence electrons. The number of carbonyl (C=O) groups is 1. The van der Waals surface area contributed by atoms with Gasteiger partial charge in [-0.25, -0.2) is 0 Å². The molecule has 3 nitrogen and oxygen atoms in total. The van der Waals surface area contributed by atoms with Crippen LogP contribution >= 0.6 is 11.3 Å². The number of hydrogen-bond donors (Lipinski definition) is 2.